The Morgan fingerprint density at radius 3 is 2.64 bits per heavy atom. The van der Waals surface area contributed by atoms with E-state index in [0.717, 1.165) is 39.5 Å². The highest BCUT2D eigenvalue weighted by Gasteiger charge is 2.15. The van der Waals surface area contributed by atoms with Gasteiger partial charge in [-0.1, -0.05) is 36.0 Å². The molecule has 4 aromatic rings. The smallest absolute Gasteiger partial charge is 0.196 e. The zero-order valence-corrected chi connectivity index (χ0v) is 16.1. The lowest BCUT2D eigenvalue weighted by molar-refractivity contribution is 0.850. The molecule has 0 saturated carbocycles. The van der Waals surface area contributed by atoms with E-state index in [-0.39, 0.29) is 0 Å². The molecule has 0 amide bonds. The van der Waals surface area contributed by atoms with Crippen molar-refractivity contribution in [1.29, 1.82) is 0 Å². The van der Waals surface area contributed by atoms with Crippen LogP contribution in [0.3, 0.4) is 0 Å². The van der Waals surface area contributed by atoms with Crippen LogP contribution < -0.4 is 0 Å². The molecule has 126 valence electrons. The first-order chi connectivity index (χ1) is 12.3. The summed E-state index contributed by atoms with van der Waals surface area (Å²) in [5.74, 6) is 1.76. The molecule has 0 aliphatic rings. The molecular formula is C18H16N4S3. The van der Waals surface area contributed by atoms with Gasteiger partial charge in [0.1, 0.15) is 5.82 Å². The first kappa shape index (κ1) is 16.5. The van der Waals surface area contributed by atoms with Gasteiger partial charge in [0.25, 0.3) is 0 Å². The molecule has 0 aliphatic heterocycles. The van der Waals surface area contributed by atoms with Crippen LogP contribution in [0.1, 0.15) is 21.4 Å². The predicted molar refractivity (Wildman–Crippen MR) is 105 cm³/mol. The van der Waals surface area contributed by atoms with Gasteiger partial charge in [-0.05, 0) is 30.5 Å². The average molecular weight is 385 g/mol. The van der Waals surface area contributed by atoms with Crippen LogP contribution in [-0.4, -0.2) is 19.7 Å². The van der Waals surface area contributed by atoms with Crippen LogP contribution in [0.25, 0.3) is 5.69 Å². The Bertz CT molecular complexity index is 942. The summed E-state index contributed by atoms with van der Waals surface area (Å²) in [6, 6.07) is 14.5. The van der Waals surface area contributed by atoms with Crippen LogP contribution in [0.5, 0.6) is 0 Å². The molecule has 0 radical (unpaired) electrons. The molecule has 25 heavy (non-hydrogen) atoms. The topological polar surface area (TPSA) is 43.6 Å². The largest absolute Gasteiger partial charge is 0.274 e. The molecule has 0 bridgehead atoms. The van der Waals surface area contributed by atoms with Gasteiger partial charge in [0.15, 0.2) is 5.16 Å². The summed E-state index contributed by atoms with van der Waals surface area (Å²) < 4.78 is 2.16. The number of thiophene rings is 1. The fourth-order valence-corrected chi connectivity index (χ4v) is 4.81. The zero-order valence-electron chi connectivity index (χ0n) is 13.6. The monoisotopic (exact) mass is 384 g/mol. The summed E-state index contributed by atoms with van der Waals surface area (Å²) in [7, 11) is 0. The van der Waals surface area contributed by atoms with Crippen molar-refractivity contribution in [2.75, 3.05) is 0 Å². The molecule has 0 N–H and O–H groups in total. The molecule has 0 atom stereocenters. The van der Waals surface area contributed by atoms with E-state index in [9.17, 15) is 0 Å². The number of benzene rings is 1. The molecule has 7 heteroatoms. The number of para-hydroxylation sites is 1. The zero-order chi connectivity index (χ0) is 17.1. The Balaban J connectivity index is 1.65. The Morgan fingerprint density at radius 1 is 1.04 bits per heavy atom. The number of nitrogens with zero attached hydrogens (tertiary/aromatic N) is 4. The third-order valence-electron chi connectivity index (χ3n) is 3.64. The molecule has 0 spiro atoms. The van der Waals surface area contributed by atoms with E-state index in [2.05, 4.69) is 54.8 Å². The maximum Gasteiger partial charge on any atom is 0.196 e. The molecule has 0 fully saturated rings. The Kier molecular flexibility index (Phi) is 4.96. The third kappa shape index (κ3) is 3.84. The van der Waals surface area contributed by atoms with E-state index in [1.807, 2.05) is 25.1 Å². The number of thioether (sulfide) groups is 1. The van der Waals surface area contributed by atoms with Gasteiger partial charge in [0.2, 0.25) is 0 Å². The van der Waals surface area contributed by atoms with E-state index >= 15 is 0 Å². The second-order valence-corrected chi connectivity index (χ2v) is 8.51. The van der Waals surface area contributed by atoms with Crippen LogP contribution in [0.2, 0.25) is 0 Å². The van der Waals surface area contributed by atoms with Gasteiger partial charge in [-0.15, -0.1) is 32.9 Å². The van der Waals surface area contributed by atoms with Crippen LogP contribution in [0, 0.1) is 6.92 Å². The Labute approximate surface area is 158 Å². The summed E-state index contributed by atoms with van der Waals surface area (Å²) in [5.41, 5.74) is 2.19. The minimum atomic E-state index is 0.788. The molecule has 1 aromatic carbocycles. The summed E-state index contributed by atoms with van der Waals surface area (Å²) in [6.07, 6.45) is 0.788. The predicted octanol–water partition coefficient (Wildman–Crippen LogP) is 4.98. The minimum Gasteiger partial charge on any atom is -0.274 e. The van der Waals surface area contributed by atoms with E-state index < -0.39 is 0 Å². The van der Waals surface area contributed by atoms with Crippen molar-refractivity contribution in [3.05, 3.63) is 74.6 Å². The SMILES string of the molecule is Cc1nc(CSc2nnc(Cc3cccs3)n2-c2ccccc2)cs1. The van der Waals surface area contributed by atoms with Gasteiger partial charge in [-0.3, -0.25) is 4.57 Å². The highest BCUT2D eigenvalue weighted by molar-refractivity contribution is 7.98. The number of hydrogen-bond acceptors (Lipinski definition) is 6. The quantitative estimate of drug-likeness (QED) is 0.440. The molecule has 0 saturated heterocycles. The van der Waals surface area contributed by atoms with Gasteiger partial charge >= 0.3 is 0 Å². The highest BCUT2D eigenvalue weighted by atomic mass is 32.2. The van der Waals surface area contributed by atoms with Crippen molar-refractivity contribution in [2.24, 2.45) is 0 Å². The lowest BCUT2D eigenvalue weighted by Crippen LogP contribution is -2.03. The molecule has 0 unspecified atom stereocenters. The van der Waals surface area contributed by atoms with Gasteiger partial charge in [-0.25, -0.2) is 4.98 Å². The minimum absolute atomic E-state index is 0.788. The van der Waals surface area contributed by atoms with Crippen molar-refractivity contribution in [3.63, 3.8) is 0 Å². The van der Waals surface area contributed by atoms with Crippen LogP contribution in [0.4, 0.5) is 0 Å². The van der Waals surface area contributed by atoms with Crippen molar-refractivity contribution in [1.82, 2.24) is 19.7 Å². The second-order valence-electron chi connectivity index (χ2n) is 5.47. The molecule has 4 nitrogen and oxygen atoms in total. The van der Waals surface area contributed by atoms with Gasteiger partial charge in [0.05, 0.1) is 10.7 Å². The Morgan fingerprint density at radius 2 is 1.92 bits per heavy atom. The lowest BCUT2D eigenvalue weighted by Gasteiger charge is -2.09. The molecule has 4 rings (SSSR count). The standard InChI is InChI=1S/C18H16N4S3/c1-13-19-14(11-24-13)12-25-18-21-20-17(10-16-8-5-9-23-16)22(18)15-6-3-2-4-7-15/h2-9,11H,10,12H2,1H3. The normalized spacial score (nSPS) is 11.1. The second kappa shape index (κ2) is 7.51. The van der Waals surface area contributed by atoms with Crippen LogP contribution in [0.15, 0.2) is 58.4 Å². The van der Waals surface area contributed by atoms with Crippen LogP contribution in [-0.2, 0) is 12.2 Å². The summed E-state index contributed by atoms with van der Waals surface area (Å²) in [4.78, 5) is 5.83. The van der Waals surface area contributed by atoms with E-state index in [1.165, 1.54) is 4.88 Å². The number of thiazole rings is 1. The average Bonchev–Trinajstić information content (AvgIpc) is 3.36. The number of aryl methyl sites for hydroxylation is 1. The Hall–Kier alpha value is -1.96. The fourth-order valence-electron chi connectivity index (χ4n) is 2.53. The van der Waals surface area contributed by atoms with E-state index in [0.29, 0.717) is 0 Å². The number of hydrogen-bond donors (Lipinski definition) is 0. The van der Waals surface area contributed by atoms with Gasteiger partial charge in [-0.2, -0.15) is 0 Å². The van der Waals surface area contributed by atoms with E-state index in [4.69, 9.17) is 0 Å². The third-order valence-corrected chi connectivity index (χ3v) is 6.30. The van der Waals surface area contributed by atoms with Gasteiger partial charge in [0, 0.05) is 28.1 Å². The van der Waals surface area contributed by atoms with Crippen molar-refractivity contribution < 1.29 is 0 Å². The maximum absolute atomic E-state index is 4.54. The maximum atomic E-state index is 4.54. The molecular weight excluding hydrogens is 368 g/mol. The summed E-state index contributed by atoms with van der Waals surface area (Å²) >= 11 is 5.11. The molecule has 3 heterocycles. The van der Waals surface area contributed by atoms with Crippen molar-refractivity contribution >= 4 is 34.4 Å². The van der Waals surface area contributed by atoms with Crippen molar-refractivity contribution in [2.45, 2.75) is 24.3 Å². The fraction of sp³-hybridized carbons (Fsp3) is 0.167. The number of rotatable bonds is 6. The lowest BCUT2D eigenvalue weighted by atomic mass is 10.3. The first-order valence-electron chi connectivity index (χ1n) is 7.85. The van der Waals surface area contributed by atoms with Crippen molar-refractivity contribution in [3.8, 4) is 5.69 Å². The van der Waals surface area contributed by atoms with Gasteiger partial charge < -0.3 is 0 Å². The molecule has 3 aromatic heterocycles. The molecule has 0 aliphatic carbocycles. The van der Waals surface area contributed by atoms with E-state index in [1.54, 1.807) is 34.4 Å². The highest BCUT2D eigenvalue weighted by Crippen LogP contribution is 2.27. The summed E-state index contributed by atoms with van der Waals surface area (Å²) in [5, 5.41) is 15.1. The summed E-state index contributed by atoms with van der Waals surface area (Å²) in [6.45, 7) is 2.03. The van der Waals surface area contributed by atoms with Crippen LogP contribution >= 0.6 is 34.4 Å². The number of aromatic nitrogens is 4. The first-order valence-corrected chi connectivity index (χ1v) is 10.6.